The third-order valence-corrected chi connectivity index (χ3v) is 4.20. The lowest BCUT2D eigenvalue weighted by Gasteiger charge is -2.25. The van der Waals surface area contributed by atoms with E-state index in [4.69, 9.17) is 9.47 Å². The van der Waals surface area contributed by atoms with Crippen molar-refractivity contribution in [3.05, 3.63) is 36.4 Å². The summed E-state index contributed by atoms with van der Waals surface area (Å²) >= 11 is 0. The van der Waals surface area contributed by atoms with E-state index < -0.39 is 5.60 Å². The number of fused-ring (bicyclic) bond motifs is 1. The van der Waals surface area contributed by atoms with Crippen LogP contribution in [0.25, 0.3) is 10.8 Å². The highest BCUT2D eigenvalue weighted by atomic mass is 16.5. The number of carbonyl (C=O) groups excluding carboxylic acids is 1. The molecule has 4 heteroatoms. The number of benzene rings is 2. The molecule has 124 valence electrons. The second-order valence-electron chi connectivity index (χ2n) is 5.75. The molecule has 2 rings (SSSR count). The van der Waals surface area contributed by atoms with Crippen LogP contribution in [0.15, 0.2) is 36.4 Å². The molecule has 2 aromatic rings. The molecule has 23 heavy (non-hydrogen) atoms. The van der Waals surface area contributed by atoms with Gasteiger partial charge in [-0.3, -0.25) is 4.79 Å². The van der Waals surface area contributed by atoms with Gasteiger partial charge in [-0.15, -0.1) is 0 Å². The van der Waals surface area contributed by atoms with Gasteiger partial charge in [-0.25, -0.2) is 0 Å². The van der Waals surface area contributed by atoms with Crippen LogP contribution in [0.1, 0.15) is 33.6 Å². The largest absolute Gasteiger partial charge is 0.493 e. The van der Waals surface area contributed by atoms with Crippen molar-refractivity contribution >= 4 is 22.4 Å². The average Bonchev–Trinajstić information content (AvgIpc) is 2.60. The first-order chi connectivity index (χ1) is 11.1. The molecule has 1 atom stereocenters. The van der Waals surface area contributed by atoms with Crippen molar-refractivity contribution in [2.45, 2.75) is 39.2 Å². The zero-order valence-electron chi connectivity index (χ0n) is 14.3. The van der Waals surface area contributed by atoms with Crippen molar-refractivity contribution in [1.29, 1.82) is 0 Å². The maximum atomic E-state index is 12.5. The number of rotatable bonds is 7. The van der Waals surface area contributed by atoms with Gasteiger partial charge < -0.3 is 14.8 Å². The van der Waals surface area contributed by atoms with Crippen LogP contribution in [0.4, 0.5) is 5.69 Å². The van der Waals surface area contributed by atoms with Gasteiger partial charge in [0.2, 0.25) is 0 Å². The van der Waals surface area contributed by atoms with E-state index in [1.807, 2.05) is 43.3 Å². The molecular formula is C19H25NO3. The first-order valence-electron chi connectivity index (χ1n) is 8.07. The van der Waals surface area contributed by atoms with E-state index in [0.29, 0.717) is 13.0 Å². The van der Waals surface area contributed by atoms with E-state index in [9.17, 15) is 4.79 Å². The molecule has 4 nitrogen and oxygen atoms in total. The van der Waals surface area contributed by atoms with Crippen molar-refractivity contribution in [2.75, 3.05) is 19.0 Å². The van der Waals surface area contributed by atoms with Crippen molar-refractivity contribution in [3.63, 3.8) is 0 Å². The van der Waals surface area contributed by atoms with Crippen LogP contribution in [0, 0.1) is 0 Å². The molecule has 0 spiro atoms. The number of carbonyl (C=O) groups is 1. The van der Waals surface area contributed by atoms with E-state index in [1.54, 1.807) is 14.0 Å². The summed E-state index contributed by atoms with van der Waals surface area (Å²) in [4.78, 5) is 12.5. The summed E-state index contributed by atoms with van der Waals surface area (Å²) in [5, 5.41) is 4.95. The molecule has 1 amide bonds. The van der Waals surface area contributed by atoms with Gasteiger partial charge in [0.15, 0.2) is 0 Å². The molecule has 0 bridgehead atoms. The topological polar surface area (TPSA) is 47.6 Å². The predicted octanol–water partition coefficient (Wildman–Crippen LogP) is 4.38. The first kappa shape index (κ1) is 17.3. The summed E-state index contributed by atoms with van der Waals surface area (Å²) in [5.74, 6) is 0.695. The lowest BCUT2D eigenvalue weighted by Crippen LogP contribution is -2.41. The van der Waals surface area contributed by atoms with Gasteiger partial charge in [0.25, 0.3) is 5.91 Å². The molecule has 0 aliphatic carbocycles. The molecule has 0 aliphatic heterocycles. The molecular weight excluding hydrogens is 290 g/mol. The Morgan fingerprint density at radius 3 is 2.43 bits per heavy atom. The minimum Gasteiger partial charge on any atom is -0.493 e. The molecule has 0 fully saturated rings. The Labute approximate surface area is 137 Å². The fourth-order valence-electron chi connectivity index (χ4n) is 2.37. The Kier molecular flexibility index (Phi) is 5.61. The average molecular weight is 315 g/mol. The van der Waals surface area contributed by atoms with Crippen molar-refractivity contribution < 1.29 is 14.3 Å². The normalized spacial score (nSPS) is 13.6. The Balaban J connectivity index is 2.37. The van der Waals surface area contributed by atoms with Gasteiger partial charge in [-0.1, -0.05) is 38.1 Å². The number of methoxy groups -OCH3 is 1. The number of amides is 1. The zero-order chi connectivity index (χ0) is 16.9. The second kappa shape index (κ2) is 7.47. The Bertz CT molecular complexity index is 677. The molecule has 2 aromatic carbocycles. The molecule has 0 saturated heterocycles. The van der Waals surface area contributed by atoms with E-state index in [-0.39, 0.29) is 5.91 Å². The summed E-state index contributed by atoms with van der Waals surface area (Å²) in [6.45, 7) is 6.48. The van der Waals surface area contributed by atoms with E-state index in [0.717, 1.165) is 28.6 Å². The summed E-state index contributed by atoms with van der Waals surface area (Å²) in [6.07, 6.45) is 1.56. The first-order valence-corrected chi connectivity index (χ1v) is 8.07. The van der Waals surface area contributed by atoms with Gasteiger partial charge in [0.1, 0.15) is 11.4 Å². The standard InChI is InChI=1S/C19H25NO3/c1-5-13-23-17-12-11-16(14-9-7-8-10-15(14)17)20-18(21)19(3,6-2)22-4/h7-12H,5-6,13H2,1-4H3,(H,20,21)/t19-/m0/s1. The van der Waals surface area contributed by atoms with Gasteiger partial charge in [-0.2, -0.15) is 0 Å². The van der Waals surface area contributed by atoms with Crippen LogP contribution in [0.2, 0.25) is 0 Å². The Morgan fingerprint density at radius 2 is 1.83 bits per heavy atom. The van der Waals surface area contributed by atoms with E-state index in [2.05, 4.69) is 12.2 Å². The fourth-order valence-corrected chi connectivity index (χ4v) is 2.37. The van der Waals surface area contributed by atoms with Crippen LogP contribution in [-0.2, 0) is 9.53 Å². The number of nitrogens with one attached hydrogen (secondary N) is 1. The number of hydrogen-bond acceptors (Lipinski definition) is 3. The number of ether oxygens (including phenoxy) is 2. The van der Waals surface area contributed by atoms with Gasteiger partial charge in [0.05, 0.1) is 6.61 Å². The van der Waals surface area contributed by atoms with Gasteiger partial charge >= 0.3 is 0 Å². The van der Waals surface area contributed by atoms with Crippen LogP contribution >= 0.6 is 0 Å². The molecule has 0 aromatic heterocycles. The van der Waals surface area contributed by atoms with Gasteiger partial charge in [0, 0.05) is 23.6 Å². The quantitative estimate of drug-likeness (QED) is 0.824. The highest BCUT2D eigenvalue weighted by Gasteiger charge is 2.31. The second-order valence-corrected chi connectivity index (χ2v) is 5.75. The third-order valence-electron chi connectivity index (χ3n) is 4.20. The van der Waals surface area contributed by atoms with Crippen molar-refractivity contribution in [1.82, 2.24) is 0 Å². The molecule has 0 unspecified atom stereocenters. The monoisotopic (exact) mass is 315 g/mol. The van der Waals surface area contributed by atoms with Crippen molar-refractivity contribution in [3.8, 4) is 5.75 Å². The van der Waals surface area contributed by atoms with Crippen molar-refractivity contribution in [2.24, 2.45) is 0 Å². The highest BCUT2D eigenvalue weighted by molar-refractivity contribution is 6.06. The number of anilines is 1. The number of hydrogen-bond donors (Lipinski definition) is 1. The third kappa shape index (κ3) is 3.64. The minimum atomic E-state index is -0.835. The smallest absolute Gasteiger partial charge is 0.256 e. The maximum Gasteiger partial charge on any atom is 0.256 e. The summed E-state index contributed by atoms with van der Waals surface area (Å²) in [6, 6.07) is 11.7. The summed E-state index contributed by atoms with van der Waals surface area (Å²) in [7, 11) is 1.56. The predicted molar refractivity (Wildman–Crippen MR) is 94.1 cm³/mol. The summed E-state index contributed by atoms with van der Waals surface area (Å²) < 4.78 is 11.2. The lowest BCUT2D eigenvalue weighted by atomic mass is 10.0. The Hall–Kier alpha value is -2.07. The summed E-state index contributed by atoms with van der Waals surface area (Å²) in [5.41, 5.74) is -0.0652. The highest BCUT2D eigenvalue weighted by Crippen LogP contribution is 2.32. The van der Waals surface area contributed by atoms with Gasteiger partial charge in [-0.05, 0) is 31.9 Å². The molecule has 0 heterocycles. The minimum absolute atomic E-state index is 0.144. The molecule has 0 saturated carbocycles. The molecule has 1 N–H and O–H groups in total. The fraction of sp³-hybridized carbons (Fsp3) is 0.421. The van der Waals surface area contributed by atoms with E-state index in [1.165, 1.54) is 0 Å². The van der Waals surface area contributed by atoms with Crippen LogP contribution in [0.3, 0.4) is 0 Å². The van der Waals surface area contributed by atoms with E-state index >= 15 is 0 Å². The Morgan fingerprint density at radius 1 is 1.13 bits per heavy atom. The van der Waals surface area contributed by atoms with Crippen LogP contribution in [0.5, 0.6) is 5.75 Å². The molecule has 0 radical (unpaired) electrons. The zero-order valence-corrected chi connectivity index (χ0v) is 14.3. The maximum absolute atomic E-state index is 12.5. The van der Waals surface area contributed by atoms with Crippen LogP contribution < -0.4 is 10.1 Å². The van der Waals surface area contributed by atoms with Crippen LogP contribution in [-0.4, -0.2) is 25.2 Å². The molecule has 0 aliphatic rings. The SMILES string of the molecule is CCCOc1ccc(NC(=O)[C@](C)(CC)OC)c2ccccc12. The lowest BCUT2D eigenvalue weighted by molar-refractivity contribution is -0.136.